The highest BCUT2D eigenvalue weighted by molar-refractivity contribution is 7.98. The summed E-state index contributed by atoms with van der Waals surface area (Å²) in [6.07, 6.45) is 1.31. The lowest BCUT2D eigenvalue weighted by molar-refractivity contribution is 0.0522. The van der Waals surface area contributed by atoms with Gasteiger partial charge in [-0.25, -0.2) is 9.78 Å². The van der Waals surface area contributed by atoms with E-state index in [0.717, 1.165) is 5.56 Å². The van der Waals surface area contributed by atoms with Gasteiger partial charge in [-0.1, -0.05) is 42.1 Å². The fourth-order valence-corrected chi connectivity index (χ4v) is 2.93. The molecule has 0 unspecified atom stereocenters. The minimum Gasteiger partial charge on any atom is -0.462 e. The molecule has 0 saturated heterocycles. The first-order valence-corrected chi connectivity index (χ1v) is 8.09. The molecular weight excluding hydrogens is 300 g/mol. The van der Waals surface area contributed by atoms with E-state index in [4.69, 9.17) is 4.74 Å². The zero-order chi connectivity index (χ0) is 15.9. The second-order valence-corrected chi connectivity index (χ2v) is 5.44. The zero-order valence-electron chi connectivity index (χ0n) is 12.6. The number of esters is 1. The number of ether oxygens (including phenoxy) is 1. The van der Waals surface area contributed by atoms with E-state index in [1.807, 2.05) is 37.3 Å². The van der Waals surface area contributed by atoms with Crippen molar-refractivity contribution >= 4 is 17.7 Å². The van der Waals surface area contributed by atoms with Gasteiger partial charge in [-0.3, -0.25) is 9.36 Å². The minimum absolute atomic E-state index is 0.0206. The second kappa shape index (κ2) is 7.79. The highest BCUT2D eigenvalue weighted by Crippen LogP contribution is 2.19. The van der Waals surface area contributed by atoms with Crippen LogP contribution in [-0.4, -0.2) is 22.1 Å². The Morgan fingerprint density at radius 2 is 2.00 bits per heavy atom. The third-order valence-electron chi connectivity index (χ3n) is 3.03. The molecular formula is C16H18N2O3S. The van der Waals surface area contributed by atoms with Gasteiger partial charge in [0.15, 0.2) is 5.16 Å². The maximum absolute atomic E-state index is 12.4. The monoisotopic (exact) mass is 318 g/mol. The molecule has 6 heteroatoms. The molecule has 0 radical (unpaired) electrons. The Kier molecular flexibility index (Phi) is 5.77. The molecule has 1 heterocycles. The summed E-state index contributed by atoms with van der Waals surface area (Å²) in [5.74, 6) is 0.0910. The Balaban J connectivity index is 2.24. The molecule has 0 spiro atoms. The summed E-state index contributed by atoms with van der Waals surface area (Å²) in [6.45, 7) is 4.24. The number of nitrogens with zero attached hydrogens (tertiary/aromatic N) is 2. The molecule has 0 saturated carbocycles. The Morgan fingerprint density at radius 1 is 1.27 bits per heavy atom. The van der Waals surface area contributed by atoms with Crippen molar-refractivity contribution in [1.82, 2.24) is 9.55 Å². The van der Waals surface area contributed by atoms with Gasteiger partial charge in [-0.05, 0) is 19.4 Å². The van der Waals surface area contributed by atoms with Crippen molar-refractivity contribution in [3.05, 3.63) is 58.0 Å². The number of thioether (sulfide) groups is 1. The standard InChI is InChI=1S/C16H18N2O3S/c1-3-18-14(19)13(15(20)21-4-2)10-17-16(18)22-11-12-8-6-5-7-9-12/h5-10H,3-4,11H2,1-2H3. The number of carbonyl (C=O) groups excluding carboxylic acids is 1. The molecule has 2 rings (SSSR count). The fraction of sp³-hybridized carbons (Fsp3) is 0.312. The number of rotatable bonds is 6. The molecule has 2 aromatic rings. The highest BCUT2D eigenvalue weighted by Gasteiger charge is 2.16. The van der Waals surface area contributed by atoms with Gasteiger partial charge < -0.3 is 4.74 Å². The van der Waals surface area contributed by atoms with Crippen LogP contribution in [0.15, 0.2) is 46.5 Å². The number of aromatic nitrogens is 2. The van der Waals surface area contributed by atoms with Gasteiger partial charge in [0.25, 0.3) is 5.56 Å². The molecule has 0 aliphatic rings. The van der Waals surface area contributed by atoms with Crippen LogP contribution in [0.2, 0.25) is 0 Å². The van der Waals surface area contributed by atoms with Gasteiger partial charge in [0, 0.05) is 12.3 Å². The zero-order valence-corrected chi connectivity index (χ0v) is 13.4. The van der Waals surface area contributed by atoms with Crippen LogP contribution in [-0.2, 0) is 17.0 Å². The van der Waals surface area contributed by atoms with Crippen LogP contribution in [0, 0.1) is 0 Å². The molecule has 22 heavy (non-hydrogen) atoms. The maximum Gasteiger partial charge on any atom is 0.345 e. The molecule has 116 valence electrons. The van der Waals surface area contributed by atoms with E-state index in [1.54, 1.807) is 6.92 Å². The first-order valence-electron chi connectivity index (χ1n) is 7.11. The van der Waals surface area contributed by atoms with Crippen LogP contribution in [0.4, 0.5) is 0 Å². The van der Waals surface area contributed by atoms with Crippen LogP contribution in [0.25, 0.3) is 0 Å². The predicted octanol–water partition coefficient (Wildman–Crippen LogP) is 2.73. The molecule has 0 aliphatic carbocycles. The van der Waals surface area contributed by atoms with Crippen molar-refractivity contribution < 1.29 is 9.53 Å². The van der Waals surface area contributed by atoms with Crippen molar-refractivity contribution in [1.29, 1.82) is 0 Å². The van der Waals surface area contributed by atoms with Crippen molar-refractivity contribution in [2.24, 2.45) is 0 Å². The van der Waals surface area contributed by atoms with E-state index in [2.05, 4.69) is 4.98 Å². The van der Waals surface area contributed by atoms with Crippen LogP contribution < -0.4 is 5.56 Å². The molecule has 0 fully saturated rings. The average Bonchev–Trinajstić information content (AvgIpc) is 2.54. The Morgan fingerprint density at radius 3 is 2.64 bits per heavy atom. The maximum atomic E-state index is 12.4. The summed E-state index contributed by atoms with van der Waals surface area (Å²) in [5.41, 5.74) is 0.776. The lowest BCUT2D eigenvalue weighted by Crippen LogP contribution is -2.29. The summed E-state index contributed by atoms with van der Waals surface area (Å²) in [5, 5.41) is 0.601. The van der Waals surface area contributed by atoms with Crippen molar-refractivity contribution in [3.8, 4) is 0 Å². The minimum atomic E-state index is -0.623. The van der Waals surface area contributed by atoms with Crippen molar-refractivity contribution in [2.75, 3.05) is 6.61 Å². The molecule has 0 aliphatic heterocycles. The molecule has 1 aromatic heterocycles. The summed E-state index contributed by atoms with van der Waals surface area (Å²) >= 11 is 1.47. The van der Waals surface area contributed by atoms with Gasteiger partial charge >= 0.3 is 5.97 Å². The second-order valence-electron chi connectivity index (χ2n) is 4.50. The van der Waals surface area contributed by atoms with Crippen molar-refractivity contribution in [2.45, 2.75) is 31.3 Å². The summed E-state index contributed by atoms with van der Waals surface area (Å²) in [6, 6.07) is 9.95. The van der Waals surface area contributed by atoms with E-state index < -0.39 is 5.97 Å². The topological polar surface area (TPSA) is 61.2 Å². The normalized spacial score (nSPS) is 10.5. The Hall–Kier alpha value is -2.08. The number of hydrogen-bond acceptors (Lipinski definition) is 5. The van der Waals surface area contributed by atoms with E-state index in [1.165, 1.54) is 22.5 Å². The van der Waals surface area contributed by atoms with Gasteiger partial charge in [0.05, 0.1) is 12.8 Å². The van der Waals surface area contributed by atoms with E-state index >= 15 is 0 Å². The van der Waals surface area contributed by atoms with Crippen LogP contribution in [0.1, 0.15) is 29.8 Å². The lowest BCUT2D eigenvalue weighted by atomic mass is 10.2. The molecule has 1 aromatic carbocycles. The lowest BCUT2D eigenvalue weighted by Gasteiger charge is -2.11. The molecule has 0 atom stereocenters. The van der Waals surface area contributed by atoms with Gasteiger partial charge in [-0.2, -0.15) is 0 Å². The van der Waals surface area contributed by atoms with Crippen LogP contribution >= 0.6 is 11.8 Å². The van der Waals surface area contributed by atoms with Gasteiger partial charge in [-0.15, -0.1) is 0 Å². The third kappa shape index (κ3) is 3.76. The number of hydrogen-bond donors (Lipinski definition) is 0. The quantitative estimate of drug-likeness (QED) is 0.465. The molecule has 0 bridgehead atoms. The molecule has 0 amide bonds. The Bertz CT molecular complexity index is 698. The number of benzene rings is 1. The third-order valence-corrected chi connectivity index (χ3v) is 4.09. The summed E-state index contributed by atoms with van der Waals surface area (Å²) in [7, 11) is 0. The van der Waals surface area contributed by atoms with Gasteiger partial charge in [0.2, 0.25) is 0 Å². The SMILES string of the molecule is CCOC(=O)c1cnc(SCc2ccccc2)n(CC)c1=O. The smallest absolute Gasteiger partial charge is 0.345 e. The first-order chi connectivity index (χ1) is 10.7. The largest absolute Gasteiger partial charge is 0.462 e. The van der Waals surface area contributed by atoms with Crippen molar-refractivity contribution in [3.63, 3.8) is 0 Å². The Labute approximate surface area is 133 Å². The number of carbonyl (C=O) groups is 1. The highest BCUT2D eigenvalue weighted by atomic mass is 32.2. The van der Waals surface area contributed by atoms with E-state index in [9.17, 15) is 9.59 Å². The summed E-state index contributed by atoms with van der Waals surface area (Å²) < 4.78 is 6.38. The predicted molar refractivity (Wildman–Crippen MR) is 86.1 cm³/mol. The molecule has 0 N–H and O–H groups in total. The van der Waals surface area contributed by atoms with E-state index in [-0.39, 0.29) is 17.7 Å². The van der Waals surface area contributed by atoms with Crippen LogP contribution in [0.3, 0.4) is 0 Å². The fourth-order valence-electron chi connectivity index (χ4n) is 1.94. The molecule has 5 nitrogen and oxygen atoms in total. The van der Waals surface area contributed by atoms with Crippen LogP contribution in [0.5, 0.6) is 0 Å². The van der Waals surface area contributed by atoms with Gasteiger partial charge in [0.1, 0.15) is 5.56 Å². The first kappa shape index (κ1) is 16.3. The average molecular weight is 318 g/mol. The van der Waals surface area contributed by atoms with E-state index in [0.29, 0.717) is 17.5 Å². The summed E-state index contributed by atoms with van der Waals surface area (Å²) in [4.78, 5) is 28.4.